The molecule has 1 rings (SSSR count). The monoisotopic (exact) mass is 319 g/mol. The van der Waals surface area contributed by atoms with Gasteiger partial charge in [-0.2, -0.15) is 0 Å². The second-order valence-electron chi connectivity index (χ2n) is 3.87. The van der Waals surface area contributed by atoms with Crippen molar-refractivity contribution in [1.82, 2.24) is 5.32 Å². The van der Waals surface area contributed by atoms with Gasteiger partial charge in [-0.15, -0.1) is 0 Å². The molecule has 0 atom stereocenters. The molecule has 0 saturated carbocycles. The maximum atomic E-state index is 12.8. The average molecular weight is 320 g/mol. The third-order valence-electron chi connectivity index (χ3n) is 2.38. The van der Waals surface area contributed by atoms with Crippen molar-refractivity contribution in [2.75, 3.05) is 33.4 Å². The summed E-state index contributed by atoms with van der Waals surface area (Å²) in [5.74, 6) is 0.417. The van der Waals surface area contributed by atoms with Crippen LogP contribution in [0.25, 0.3) is 0 Å². The summed E-state index contributed by atoms with van der Waals surface area (Å²) in [5, 5.41) is 3.26. The predicted molar refractivity (Wildman–Crippen MR) is 73.6 cm³/mol. The standard InChI is InChI=1S/C13H19BrFNO2/c1-17-9-7-16-6-2-3-8-18-13-5-4-11(15)10-12(13)14/h4-5,10,16H,2-3,6-9H2,1H3. The van der Waals surface area contributed by atoms with Gasteiger partial charge in [0.1, 0.15) is 11.6 Å². The van der Waals surface area contributed by atoms with Crippen LogP contribution in [-0.4, -0.2) is 33.4 Å². The molecule has 0 amide bonds. The van der Waals surface area contributed by atoms with Crippen LogP contribution in [0.1, 0.15) is 12.8 Å². The fourth-order valence-electron chi connectivity index (χ4n) is 1.43. The number of ether oxygens (including phenoxy) is 2. The van der Waals surface area contributed by atoms with Gasteiger partial charge in [-0.3, -0.25) is 0 Å². The van der Waals surface area contributed by atoms with Gasteiger partial charge in [-0.1, -0.05) is 0 Å². The van der Waals surface area contributed by atoms with E-state index in [2.05, 4.69) is 21.2 Å². The molecule has 0 saturated heterocycles. The summed E-state index contributed by atoms with van der Waals surface area (Å²) in [5.41, 5.74) is 0. The number of hydrogen-bond acceptors (Lipinski definition) is 3. The summed E-state index contributed by atoms with van der Waals surface area (Å²) >= 11 is 3.27. The topological polar surface area (TPSA) is 30.5 Å². The summed E-state index contributed by atoms with van der Waals surface area (Å²) in [6.45, 7) is 3.20. The summed E-state index contributed by atoms with van der Waals surface area (Å²) in [7, 11) is 1.69. The SMILES string of the molecule is COCCNCCCCOc1ccc(F)cc1Br. The number of unbranched alkanes of at least 4 members (excludes halogenated alkanes) is 1. The quantitative estimate of drug-likeness (QED) is 0.710. The second-order valence-corrected chi connectivity index (χ2v) is 4.73. The maximum Gasteiger partial charge on any atom is 0.133 e. The molecule has 1 N–H and O–H groups in total. The van der Waals surface area contributed by atoms with E-state index in [1.165, 1.54) is 12.1 Å². The zero-order valence-corrected chi connectivity index (χ0v) is 12.1. The van der Waals surface area contributed by atoms with Crippen LogP contribution < -0.4 is 10.1 Å². The summed E-state index contributed by atoms with van der Waals surface area (Å²) in [6.07, 6.45) is 2.01. The molecule has 0 heterocycles. The molecule has 1 aromatic rings. The number of halogens is 2. The van der Waals surface area contributed by atoms with Gasteiger partial charge < -0.3 is 14.8 Å². The van der Waals surface area contributed by atoms with Crippen LogP contribution in [0.2, 0.25) is 0 Å². The highest BCUT2D eigenvalue weighted by atomic mass is 79.9. The first-order chi connectivity index (χ1) is 8.74. The van der Waals surface area contributed by atoms with E-state index in [1.54, 1.807) is 13.2 Å². The van der Waals surface area contributed by atoms with Gasteiger partial charge in [-0.25, -0.2) is 4.39 Å². The molecule has 18 heavy (non-hydrogen) atoms. The minimum atomic E-state index is -0.267. The number of nitrogens with one attached hydrogen (secondary N) is 1. The molecule has 0 bridgehead atoms. The molecular formula is C13H19BrFNO2. The molecule has 0 aliphatic rings. The zero-order valence-electron chi connectivity index (χ0n) is 10.5. The normalized spacial score (nSPS) is 10.6. The molecule has 0 fully saturated rings. The van der Waals surface area contributed by atoms with Crippen molar-refractivity contribution >= 4 is 15.9 Å². The average Bonchev–Trinajstić information content (AvgIpc) is 2.35. The van der Waals surface area contributed by atoms with Crippen LogP contribution in [-0.2, 0) is 4.74 Å². The Hall–Kier alpha value is -0.650. The maximum absolute atomic E-state index is 12.8. The fourth-order valence-corrected chi connectivity index (χ4v) is 1.89. The molecular weight excluding hydrogens is 301 g/mol. The second kappa shape index (κ2) is 9.30. The molecule has 1 aromatic carbocycles. The Balaban J connectivity index is 2.07. The highest BCUT2D eigenvalue weighted by molar-refractivity contribution is 9.10. The molecule has 0 radical (unpaired) electrons. The minimum absolute atomic E-state index is 0.267. The van der Waals surface area contributed by atoms with Crippen LogP contribution in [0, 0.1) is 5.82 Å². The fraction of sp³-hybridized carbons (Fsp3) is 0.538. The Morgan fingerprint density at radius 2 is 2.06 bits per heavy atom. The first kappa shape index (κ1) is 15.4. The van der Waals surface area contributed by atoms with Crippen molar-refractivity contribution in [2.45, 2.75) is 12.8 Å². The van der Waals surface area contributed by atoms with Crippen molar-refractivity contribution in [3.8, 4) is 5.75 Å². The molecule has 3 nitrogen and oxygen atoms in total. The number of hydrogen-bond donors (Lipinski definition) is 1. The first-order valence-corrected chi connectivity index (χ1v) is 6.81. The third-order valence-corrected chi connectivity index (χ3v) is 3.00. The van der Waals surface area contributed by atoms with Gasteiger partial charge >= 0.3 is 0 Å². The van der Waals surface area contributed by atoms with Gasteiger partial charge in [0.2, 0.25) is 0 Å². The number of methoxy groups -OCH3 is 1. The van der Waals surface area contributed by atoms with Crippen molar-refractivity contribution < 1.29 is 13.9 Å². The van der Waals surface area contributed by atoms with E-state index in [9.17, 15) is 4.39 Å². The summed E-state index contributed by atoms with van der Waals surface area (Å²) in [6, 6.07) is 4.43. The highest BCUT2D eigenvalue weighted by Crippen LogP contribution is 2.25. The van der Waals surface area contributed by atoms with Gasteiger partial charge in [0, 0.05) is 13.7 Å². The van der Waals surface area contributed by atoms with Gasteiger partial charge in [0.25, 0.3) is 0 Å². The molecule has 0 aliphatic heterocycles. The predicted octanol–water partition coefficient (Wildman–Crippen LogP) is 2.98. The Labute approximate surface area is 116 Å². The van der Waals surface area contributed by atoms with E-state index in [0.29, 0.717) is 16.8 Å². The molecule has 0 spiro atoms. The lowest BCUT2D eigenvalue weighted by atomic mass is 10.3. The largest absolute Gasteiger partial charge is 0.492 e. The Kier molecular flexibility index (Phi) is 7.96. The Bertz CT molecular complexity index is 350. The minimum Gasteiger partial charge on any atom is -0.492 e. The van der Waals surface area contributed by atoms with E-state index in [0.717, 1.165) is 32.5 Å². The zero-order chi connectivity index (χ0) is 13.2. The molecule has 0 unspecified atom stereocenters. The van der Waals surface area contributed by atoms with E-state index in [1.807, 2.05) is 0 Å². The molecule has 0 aromatic heterocycles. The van der Waals surface area contributed by atoms with E-state index in [-0.39, 0.29) is 5.82 Å². The Morgan fingerprint density at radius 1 is 1.22 bits per heavy atom. The van der Waals surface area contributed by atoms with Crippen LogP contribution in [0.4, 0.5) is 4.39 Å². The van der Waals surface area contributed by atoms with Crippen LogP contribution in [0.5, 0.6) is 5.75 Å². The highest BCUT2D eigenvalue weighted by Gasteiger charge is 2.01. The summed E-state index contributed by atoms with van der Waals surface area (Å²) in [4.78, 5) is 0. The number of benzene rings is 1. The smallest absolute Gasteiger partial charge is 0.133 e. The van der Waals surface area contributed by atoms with Gasteiger partial charge in [0.05, 0.1) is 17.7 Å². The lowest BCUT2D eigenvalue weighted by Gasteiger charge is -2.08. The van der Waals surface area contributed by atoms with Crippen molar-refractivity contribution in [2.24, 2.45) is 0 Å². The lowest BCUT2D eigenvalue weighted by molar-refractivity contribution is 0.199. The van der Waals surface area contributed by atoms with Gasteiger partial charge in [-0.05, 0) is 53.5 Å². The summed E-state index contributed by atoms with van der Waals surface area (Å²) < 4.78 is 24.0. The van der Waals surface area contributed by atoms with E-state index < -0.39 is 0 Å². The lowest BCUT2D eigenvalue weighted by Crippen LogP contribution is -2.20. The van der Waals surface area contributed by atoms with Crippen LogP contribution in [0.3, 0.4) is 0 Å². The number of rotatable bonds is 9. The van der Waals surface area contributed by atoms with Crippen LogP contribution >= 0.6 is 15.9 Å². The molecule has 102 valence electrons. The van der Waals surface area contributed by atoms with Crippen LogP contribution in [0.15, 0.2) is 22.7 Å². The molecule has 5 heteroatoms. The van der Waals surface area contributed by atoms with E-state index in [4.69, 9.17) is 9.47 Å². The van der Waals surface area contributed by atoms with Gasteiger partial charge in [0.15, 0.2) is 0 Å². The van der Waals surface area contributed by atoms with Crippen molar-refractivity contribution in [3.05, 3.63) is 28.5 Å². The Morgan fingerprint density at radius 3 is 2.78 bits per heavy atom. The van der Waals surface area contributed by atoms with Crippen molar-refractivity contribution in [3.63, 3.8) is 0 Å². The third kappa shape index (κ3) is 6.33. The molecule has 0 aliphatic carbocycles. The van der Waals surface area contributed by atoms with E-state index >= 15 is 0 Å². The van der Waals surface area contributed by atoms with Crippen molar-refractivity contribution in [1.29, 1.82) is 0 Å². The first-order valence-electron chi connectivity index (χ1n) is 6.01.